The van der Waals surface area contributed by atoms with Crippen LogP contribution in [0.1, 0.15) is 62.6 Å². The molecule has 6 rings (SSSR count). The van der Waals surface area contributed by atoms with Crippen molar-refractivity contribution in [2.24, 2.45) is 17.8 Å². The van der Waals surface area contributed by atoms with E-state index >= 15 is 0 Å². The summed E-state index contributed by atoms with van der Waals surface area (Å²) in [6.45, 7) is 5.35. The number of amides is 1. The number of fused-ring (bicyclic) bond motifs is 4. The van der Waals surface area contributed by atoms with Crippen LogP contribution in [-0.4, -0.2) is 30.4 Å². The summed E-state index contributed by atoms with van der Waals surface area (Å²) in [4.78, 5) is 14.4. The molecule has 1 aromatic rings. The van der Waals surface area contributed by atoms with Crippen LogP contribution >= 0.6 is 0 Å². The number of rotatable bonds is 3. The second-order valence-electron chi connectivity index (χ2n) is 9.51. The van der Waals surface area contributed by atoms with E-state index in [-0.39, 0.29) is 17.4 Å². The van der Waals surface area contributed by atoms with Crippen molar-refractivity contribution in [1.82, 2.24) is 10.2 Å². The zero-order valence-corrected chi connectivity index (χ0v) is 16.5. The SMILES string of the molecule is CC(=O)NC1CC2(CCN(C[C@H]3C[C@H]4C=C[C@H]3CC4)CC2)c2ccccc21. The van der Waals surface area contributed by atoms with Gasteiger partial charge in [0.25, 0.3) is 0 Å². The lowest BCUT2D eigenvalue weighted by atomic mass is 9.68. The summed E-state index contributed by atoms with van der Waals surface area (Å²) in [6, 6.07) is 9.03. The molecule has 1 saturated carbocycles. The second-order valence-corrected chi connectivity index (χ2v) is 9.51. The van der Waals surface area contributed by atoms with Crippen LogP contribution in [0.25, 0.3) is 0 Å². The van der Waals surface area contributed by atoms with Gasteiger partial charge in [0.15, 0.2) is 0 Å². The monoisotopic (exact) mass is 364 g/mol. The Bertz CT molecular complexity index is 747. The van der Waals surface area contributed by atoms with Crippen LogP contribution < -0.4 is 5.32 Å². The smallest absolute Gasteiger partial charge is 0.217 e. The number of likely N-dealkylation sites (tertiary alicyclic amines) is 1. The Kier molecular flexibility index (Phi) is 4.39. The quantitative estimate of drug-likeness (QED) is 0.815. The molecule has 27 heavy (non-hydrogen) atoms. The van der Waals surface area contributed by atoms with Gasteiger partial charge in [0.05, 0.1) is 6.04 Å². The fourth-order valence-electron chi connectivity index (χ4n) is 6.50. The molecular formula is C24H32N2O. The van der Waals surface area contributed by atoms with Crippen LogP contribution in [0.2, 0.25) is 0 Å². The molecule has 0 radical (unpaired) electrons. The zero-order valence-electron chi connectivity index (χ0n) is 16.5. The van der Waals surface area contributed by atoms with Gasteiger partial charge in [0, 0.05) is 18.9 Å². The van der Waals surface area contributed by atoms with E-state index in [2.05, 4.69) is 46.6 Å². The maximum Gasteiger partial charge on any atom is 0.217 e. The molecule has 1 aliphatic heterocycles. The highest BCUT2D eigenvalue weighted by Crippen LogP contribution is 2.51. The highest BCUT2D eigenvalue weighted by Gasteiger charge is 2.46. The van der Waals surface area contributed by atoms with Gasteiger partial charge in [-0.25, -0.2) is 0 Å². The van der Waals surface area contributed by atoms with Gasteiger partial charge < -0.3 is 10.2 Å². The summed E-state index contributed by atoms with van der Waals surface area (Å²) >= 11 is 0. The van der Waals surface area contributed by atoms with E-state index in [1.54, 1.807) is 6.92 Å². The first-order chi connectivity index (χ1) is 13.1. The molecule has 1 aromatic carbocycles. The summed E-state index contributed by atoms with van der Waals surface area (Å²) in [5.74, 6) is 2.66. The average molecular weight is 365 g/mol. The van der Waals surface area contributed by atoms with Gasteiger partial charge in [-0.1, -0.05) is 36.4 Å². The minimum atomic E-state index is 0.0877. The van der Waals surface area contributed by atoms with Crippen molar-refractivity contribution in [2.75, 3.05) is 19.6 Å². The number of nitrogens with zero attached hydrogens (tertiary/aromatic N) is 1. The minimum Gasteiger partial charge on any atom is -0.349 e. The topological polar surface area (TPSA) is 32.3 Å². The summed E-state index contributed by atoms with van der Waals surface area (Å²) in [5.41, 5.74) is 3.13. The highest BCUT2D eigenvalue weighted by atomic mass is 16.1. The minimum absolute atomic E-state index is 0.0877. The average Bonchev–Trinajstić information content (AvgIpc) is 2.98. The highest BCUT2D eigenvalue weighted by molar-refractivity contribution is 5.73. The molecule has 0 aromatic heterocycles. The van der Waals surface area contributed by atoms with Gasteiger partial charge in [-0.3, -0.25) is 4.79 Å². The third-order valence-electron chi connectivity index (χ3n) is 7.90. The van der Waals surface area contributed by atoms with Crippen molar-refractivity contribution < 1.29 is 4.79 Å². The van der Waals surface area contributed by atoms with Gasteiger partial charge in [0.1, 0.15) is 0 Å². The molecule has 5 aliphatic rings. The maximum atomic E-state index is 11.7. The predicted octanol–water partition coefficient (Wildman–Crippen LogP) is 4.20. The summed E-state index contributed by atoms with van der Waals surface area (Å²) in [5, 5.41) is 3.20. The van der Waals surface area contributed by atoms with Gasteiger partial charge in [-0.2, -0.15) is 0 Å². The van der Waals surface area contributed by atoms with Crippen molar-refractivity contribution in [3.63, 3.8) is 0 Å². The molecule has 1 amide bonds. The van der Waals surface area contributed by atoms with Crippen LogP contribution in [0.5, 0.6) is 0 Å². The Morgan fingerprint density at radius 3 is 2.67 bits per heavy atom. The lowest BCUT2D eigenvalue weighted by molar-refractivity contribution is -0.119. The molecule has 1 N–H and O–H groups in total. The fourth-order valence-corrected chi connectivity index (χ4v) is 6.50. The Morgan fingerprint density at radius 2 is 2.00 bits per heavy atom. The van der Waals surface area contributed by atoms with Gasteiger partial charge in [0.2, 0.25) is 5.91 Å². The number of carbonyl (C=O) groups is 1. The third-order valence-corrected chi connectivity index (χ3v) is 7.90. The molecule has 2 fully saturated rings. The van der Waals surface area contributed by atoms with Crippen LogP contribution in [0.3, 0.4) is 0 Å². The van der Waals surface area contributed by atoms with E-state index in [1.807, 2.05) is 0 Å². The number of hydrogen-bond acceptors (Lipinski definition) is 2. The molecule has 144 valence electrons. The van der Waals surface area contributed by atoms with Crippen molar-refractivity contribution in [3.05, 3.63) is 47.5 Å². The van der Waals surface area contributed by atoms with Crippen molar-refractivity contribution in [3.8, 4) is 0 Å². The standard InChI is InChI=1S/C24H32N2O/c1-17(27)25-23-15-24(22-5-3-2-4-21(22)23)10-12-26(13-11-24)16-20-14-18-6-8-19(20)9-7-18/h2-6,8,18-20,23H,7,9-16H2,1H3,(H,25,27)/t18-,19-,20+,23?/m0/s1. The lowest BCUT2D eigenvalue weighted by Crippen LogP contribution is -2.45. The van der Waals surface area contributed by atoms with Crippen LogP contribution in [-0.2, 0) is 10.2 Å². The fraction of sp³-hybridized carbons (Fsp3) is 0.625. The molecular weight excluding hydrogens is 332 g/mol. The molecule has 3 nitrogen and oxygen atoms in total. The summed E-state index contributed by atoms with van der Waals surface area (Å²) in [6.07, 6.45) is 12.8. The van der Waals surface area contributed by atoms with Gasteiger partial charge >= 0.3 is 0 Å². The Balaban J connectivity index is 1.27. The van der Waals surface area contributed by atoms with E-state index in [1.165, 1.54) is 62.9 Å². The van der Waals surface area contributed by atoms with Crippen molar-refractivity contribution in [1.29, 1.82) is 0 Å². The van der Waals surface area contributed by atoms with Crippen molar-refractivity contribution in [2.45, 2.75) is 56.9 Å². The second kappa shape index (κ2) is 6.77. The first kappa shape index (κ1) is 17.5. The molecule has 1 unspecified atom stereocenters. The first-order valence-electron chi connectivity index (χ1n) is 10.9. The number of carbonyl (C=O) groups excluding carboxylic acids is 1. The summed E-state index contributed by atoms with van der Waals surface area (Å²) < 4.78 is 0. The normalized spacial score (nSPS) is 34.0. The van der Waals surface area contributed by atoms with Crippen LogP contribution in [0.4, 0.5) is 0 Å². The lowest BCUT2D eigenvalue weighted by Gasteiger charge is -2.44. The largest absolute Gasteiger partial charge is 0.349 e. The molecule has 4 atom stereocenters. The number of benzene rings is 1. The van der Waals surface area contributed by atoms with Crippen LogP contribution in [0, 0.1) is 17.8 Å². The number of nitrogens with one attached hydrogen (secondary N) is 1. The Labute approximate surface area is 163 Å². The molecule has 1 spiro atoms. The van der Waals surface area contributed by atoms with E-state index < -0.39 is 0 Å². The molecule has 2 bridgehead atoms. The molecule has 4 aliphatic carbocycles. The van der Waals surface area contributed by atoms with Crippen molar-refractivity contribution >= 4 is 5.91 Å². The maximum absolute atomic E-state index is 11.7. The van der Waals surface area contributed by atoms with E-state index in [4.69, 9.17) is 0 Å². The predicted molar refractivity (Wildman–Crippen MR) is 108 cm³/mol. The number of piperidine rings is 1. The van der Waals surface area contributed by atoms with Crippen LogP contribution in [0.15, 0.2) is 36.4 Å². The van der Waals surface area contributed by atoms with E-state index in [0.717, 1.165) is 24.2 Å². The Morgan fingerprint density at radius 1 is 1.19 bits per heavy atom. The number of hydrogen-bond donors (Lipinski definition) is 1. The van der Waals surface area contributed by atoms with Gasteiger partial charge in [-0.05, 0) is 80.5 Å². The van der Waals surface area contributed by atoms with E-state index in [0.29, 0.717) is 0 Å². The first-order valence-corrected chi connectivity index (χ1v) is 10.9. The zero-order chi connectivity index (χ0) is 18.4. The molecule has 3 heteroatoms. The molecule has 1 heterocycles. The summed E-state index contributed by atoms with van der Waals surface area (Å²) in [7, 11) is 0. The molecule has 1 saturated heterocycles. The van der Waals surface area contributed by atoms with E-state index in [9.17, 15) is 4.79 Å². The third kappa shape index (κ3) is 3.14. The number of allylic oxidation sites excluding steroid dienone is 2. The van der Waals surface area contributed by atoms with Gasteiger partial charge in [-0.15, -0.1) is 0 Å². The Hall–Kier alpha value is -1.61.